The number of amides is 1. The lowest BCUT2D eigenvalue weighted by molar-refractivity contribution is -0.120. The summed E-state index contributed by atoms with van der Waals surface area (Å²) in [6.45, 7) is 0.836. The topological polar surface area (TPSA) is 72.3 Å². The van der Waals surface area contributed by atoms with Gasteiger partial charge in [0.05, 0.1) is 6.54 Å². The maximum Gasteiger partial charge on any atom is 0.231 e. The van der Waals surface area contributed by atoms with Gasteiger partial charge >= 0.3 is 0 Å². The van der Waals surface area contributed by atoms with Crippen molar-refractivity contribution < 1.29 is 4.79 Å². The van der Waals surface area contributed by atoms with Gasteiger partial charge in [0, 0.05) is 18.6 Å². The van der Waals surface area contributed by atoms with Crippen LogP contribution in [0, 0.1) is 0 Å². The van der Waals surface area contributed by atoms with Gasteiger partial charge in [-0.2, -0.15) is 11.3 Å². The molecule has 1 heterocycles. The van der Waals surface area contributed by atoms with Crippen molar-refractivity contribution in [1.29, 1.82) is 0 Å². The summed E-state index contributed by atoms with van der Waals surface area (Å²) < 4.78 is 0. The van der Waals surface area contributed by atoms with Gasteiger partial charge in [-0.1, -0.05) is 12.8 Å². The number of nitrogens with zero attached hydrogens (tertiary/aromatic N) is 1. The summed E-state index contributed by atoms with van der Waals surface area (Å²) in [6.07, 6.45) is 4.77. The molecule has 1 fully saturated rings. The van der Waals surface area contributed by atoms with E-state index in [4.69, 9.17) is 11.5 Å². The van der Waals surface area contributed by atoms with Crippen molar-refractivity contribution in [2.24, 2.45) is 11.5 Å². The fraction of sp³-hybridized carbons (Fsp3) is 0.615. The van der Waals surface area contributed by atoms with Crippen molar-refractivity contribution in [2.75, 3.05) is 13.1 Å². The Kier molecular flexibility index (Phi) is 4.74. The Morgan fingerprint density at radius 2 is 2.22 bits per heavy atom. The van der Waals surface area contributed by atoms with Gasteiger partial charge in [-0.25, -0.2) is 0 Å². The zero-order valence-electron chi connectivity index (χ0n) is 10.5. The van der Waals surface area contributed by atoms with Crippen LogP contribution in [0.15, 0.2) is 16.8 Å². The molecule has 0 bridgehead atoms. The molecule has 4 nitrogen and oxygen atoms in total. The van der Waals surface area contributed by atoms with Gasteiger partial charge in [0.1, 0.15) is 0 Å². The lowest BCUT2D eigenvalue weighted by Gasteiger charge is -2.34. The minimum Gasteiger partial charge on any atom is -0.369 e. The molecular formula is C13H21N3OS. The Morgan fingerprint density at radius 3 is 2.72 bits per heavy atom. The molecule has 1 saturated carbocycles. The van der Waals surface area contributed by atoms with E-state index in [0.29, 0.717) is 19.1 Å². The molecule has 2 rings (SSSR count). The van der Waals surface area contributed by atoms with Gasteiger partial charge in [0.2, 0.25) is 5.91 Å². The highest BCUT2D eigenvalue weighted by Gasteiger charge is 2.30. The van der Waals surface area contributed by atoms with E-state index < -0.39 is 0 Å². The molecule has 1 aliphatic rings. The second-order valence-corrected chi connectivity index (χ2v) is 5.67. The van der Waals surface area contributed by atoms with E-state index in [1.807, 2.05) is 0 Å². The molecule has 18 heavy (non-hydrogen) atoms. The van der Waals surface area contributed by atoms with Crippen molar-refractivity contribution in [2.45, 2.75) is 37.8 Å². The van der Waals surface area contributed by atoms with Crippen molar-refractivity contribution in [3.05, 3.63) is 22.4 Å². The molecule has 0 saturated heterocycles. The van der Waals surface area contributed by atoms with E-state index in [1.54, 1.807) is 11.3 Å². The van der Waals surface area contributed by atoms with Crippen LogP contribution >= 0.6 is 11.3 Å². The first kappa shape index (κ1) is 13.5. The summed E-state index contributed by atoms with van der Waals surface area (Å²) in [7, 11) is 0. The van der Waals surface area contributed by atoms with E-state index >= 15 is 0 Å². The van der Waals surface area contributed by atoms with Crippen LogP contribution in [0.4, 0.5) is 0 Å². The number of carbonyl (C=O) groups excluding carboxylic acids is 1. The molecular weight excluding hydrogens is 246 g/mol. The second-order valence-electron chi connectivity index (χ2n) is 4.89. The summed E-state index contributed by atoms with van der Waals surface area (Å²) in [5.41, 5.74) is 12.5. The van der Waals surface area contributed by atoms with E-state index in [2.05, 4.69) is 21.7 Å². The summed E-state index contributed by atoms with van der Waals surface area (Å²) in [6, 6.07) is 2.66. The van der Waals surface area contributed by atoms with E-state index in [-0.39, 0.29) is 11.9 Å². The summed E-state index contributed by atoms with van der Waals surface area (Å²) in [5.74, 6) is -0.268. The maximum atomic E-state index is 11.3. The number of carbonyl (C=O) groups is 1. The zero-order chi connectivity index (χ0) is 13.0. The molecule has 1 unspecified atom stereocenters. The Balaban J connectivity index is 2.17. The molecule has 1 aliphatic carbocycles. The van der Waals surface area contributed by atoms with Crippen LogP contribution in [0.5, 0.6) is 0 Å². The first-order chi connectivity index (χ1) is 8.72. The SMILES string of the molecule is NCC(c1ccsc1)N(CC(N)=O)C1CCCC1. The lowest BCUT2D eigenvalue weighted by atomic mass is 10.1. The third-order valence-corrected chi connectivity index (χ3v) is 4.39. The Labute approximate surface area is 112 Å². The number of hydrogen-bond acceptors (Lipinski definition) is 4. The highest BCUT2D eigenvalue weighted by molar-refractivity contribution is 7.07. The largest absolute Gasteiger partial charge is 0.369 e. The minimum atomic E-state index is -0.268. The second kappa shape index (κ2) is 6.31. The smallest absolute Gasteiger partial charge is 0.231 e. The lowest BCUT2D eigenvalue weighted by Crippen LogP contribution is -2.44. The average molecular weight is 267 g/mol. The maximum absolute atomic E-state index is 11.3. The first-order valence-electron chi connectivity index (χ1n) is 6.48. The molecule has 0 aliphatic heterocycles. The van der Waals surface area contributed by atoms with Gasteiger partial charge in [-0.15, -0.1) is 0 Å². The van der Waals surface area contributed by atoms with Gasteiger partial charge in [0.15, 0.2) is 0 Å². The average Bonchev–Trinajstić information content (AvgIpc) is 3.01. The molecule has 0 spiro atoms. The molecule has 0 radical (unpaired) electrons. The Morgan fingerprint density at radius 1 is 1.50 bits per heavy atom. The van der Waals surface area contributed by atoms with Crippen LogP contribution in [-0.4, -0.2) is 29.9 Å². The molecule has 4 N–H and O–H groups in total. The van der Waals surface area contributed by atoms with E-state index in [1.165, 1.54) is 18.4 Å². The van der Waals surface area contributed by atoms with Crippen molar-refractivity contribution >= 4 is 17.2 Å². The first-order valence-corrected chi connectivity index (χ1v) is 7.43. The number of primary amides is 1. The van der Waals surface area contributed by atoms with Crippen LogP contribution in [0.1, 0.15) is 37.3 Å². The highest BCUT2D eigenvalue weighted by atomic mass is 32.1. The van der Waals surface area contributed by atoms with Crippen molar-refractivity contribution in [3.63, 3.8) is 0 Å². The van der Waals surface area contributed by atoms with E-state index in [0.717, 1.165) is 12.8 Å². The minimum absolute atomic E-state index is 0.117. The zero-order valence-corrected chi connectivity index (χ0v) is 11.4. The normalized spacial score (nSPS) is 18.3. The Bertz CT molecular complexity index is 374. The van der Waals surface area contributed by atoms with Gasteiger partial charge in [-0.3, -0.25) is 9.69 Å². The number of thiophene rings is 1. The van der Waals surface area contributed by atoms with Crippen LogP contribution < -0.4 is 11.5 Å². The third kappa shape index (κ3) is 3.10. The van der Waals surface area contributed by atoms with Crippen LogP contribution in [-0.2, 0) is 4.79 Å². The number of rotatable bonds is 6. The monoisotopic (exact) mass is 267 g/mol. The number of nitrogens with two attached hydrogens (primary N) is 2. The van der Waals surface area contributed by atoms with E-state index in [9.17, 15) is 4.79 Å². The molecule has 100 valence electrons. The number of hydrogen-bond donors (Lipinski definition) is 2. The van der Waals surface area contributed by atoms with Gasteiger partial charge in [-0.05, 0) is 35.2 Å². The molecule has 5 heteroatoms. The highest BCUT2D eigenvalue weighted by Crippen LogP contribution is 2.31. The third-order valence-electron chi connectivity index (χ3n) is 3.68. The molecule has 1 aromatic heterocycles. The van der Waals surface area contributed by atoms with Gasteiger partial charge < -0.3 is 11.5 Å². The Hall–Kier alpha value is -0.910. The molecule has 1 amide bonds. The quantitative estimate of drug-likeness (QED) is 0.820. The van der Waals surface area contributed by atoms with Gasteiger partial charge in [0.25, 0.3) is 0 Å². The molecule has 0 aromatic carbocycles. The predicted octanol–water partition coefficient (Wildman–Crippen LogP) is 1.48. The fourth-order valence-corrected chi connectivity index (χ4v) is 3.54. The van der Waals surface area contributed by atoms with Crippen LogP contribution in [0.25, 0.3) is 0 Å². The van der Waals surface area contributed by atoms with Crippen LogP contribution in [0.2, 0.25) is 0 Å². The molecule has 1 aromatic rings. The summed E-state index contributed by atoms with van der Waals surface area (Å²) in [5, 5.41) is 4.16. The summed E-state index contributed by atoms with van der Waals surface area (Å²) in [4.78, 5) is 13.5. The van der Waals surface area contributed by atoms with Crippen LogP contribution in [0.3, 0.4) is 0 Å². The predicted molar refractivity (Wildman–Crippen MR) is 74.3 cm³/mol. The standard InChI is InChI=1S/C13H21N3OS/c14-7-12(10-5-6-18-9-10)16(8-13(15)17)11-3-1-2-4-11/h5-6,9,11-12H,1-4,7-8,14H2,(H2,15,17). The molecule has 1 atom stereocenters. The summed E-state index contributed by atoms with van der Waals surface area (Å²) >= 11 is 1.66. The van der Waals surface area contributed by atoms with Crippen molar-refractivity contribution in [1.82, 2.24) is 4.90 Å². The van der Waals surface area contributed by atoms with Crippen molar-refractivity contribution in [3.8, 4) is 0 Å². The fourth-order valence-electron chi connectivity index (χ4n) is 2.84.